The standard InChI is InChI=1S/C15H20N2O/c1-12-6-7-13(17-10-4-5-15(17)18)14(11-12)16-8-2-3-9-16/h6-7,11H,2-5,8-10H2,1H3. The molecule has 3 nitrogen and oxygen atoms in total. The Bertz CT molecular complexity index is 464. The zero-order chi connectivity index (χ0) is 12.5. The van der Waals surface area contributed by atoms with Gasteiger partial charge < -0.3 is 9.80 Å². The van der Waals surface area contributed by atoms with Crippen molar-refractivity contribution in [2.75, 3.05) is 29.4 Å². The van der Waals surface area contributed by atoms with Crippen molar-refractivity contribution in [2.45, 2.75) is 32.6 Å². The first-order chi connectivity index (χ1) is 8.75. The fourth-order valence-electron chi connectivity index (χ4n) is 2.98. The summed E-state index contributed by atoms with van der Waals surface area (Å²) in [5, 5.41) is 0. The number of nitrogens with zero attached hydrogens (tertiary/aromatic N) is 2. The molecule has 0 atom stereocenters. The summed E-state index contributed by atoms with van der Waals surface area (Å²) >= 11 is 0. The van der Waals surface area contributed by atoms with E-state index in [0.29, 0.717) is 6.42 Å². The molecule has 0 aliphatic carbocycles. The summed E-state index contributed by atoms with van der Waals surface area (Å²) in [6.07, 6.45) is 4.22. The third-order valence-electron chi connectivity index (χ3n) is 3.94. The van der Waals surface area contributed by atoms with Crippen LogP contribution in [0.2, 0.25) is 0 Å². The fourth-order valence-corrected chi connectivity index (χ4v) is 2.98. The van der Waals surface area contributed by atoms with Gasteiger partial charge in [0.1, 0.15) is 0 Å². The molecule has 0 aromatic heterocycles. The Morgan fingerprint density at radius 3 is 2.44 bits per heavy atom. The van der Waals surface area contributed by atoms with Crippen LogP contribution in [0.25, 0.3) is 0 Å². The van der Waals surface area contributed by atoms with Crippen molar-refractivity contribution in [3.63, 3.8) is 0 Å². The van der Waals surface area contributed by atoms with Crippen molar-refractivity contribution in [1.82, 2.24) is 0 Å². The minimum atomic E-state index is 0.277. The average molecular weight is 244 g/mol. The Kier molecular flexibility index (Phi) is 2.98. The first-order valence-corrected chi connectivity index (χ1v) is 6.92. The van der Waals surface area contributed by atoms with Gasteiger partial charge >= 0.3 is 0 Å². The number of benzene rings is 1. The van der Waals surface area contributed by atoms with E-state index in [4.69, 9.17) is 0 Å². The van der Waals surface area contributed by atoms with Crippen LogP contribution in [0.5, 0.6) is 0 Å². The van der Waals surface area contributed by atoms with E-state index >= 15 is 0 Å². The molecule has 1 aromatic rings. The lowest BCUT2D eigenvalue weighted by Gasteiger charge is -2.26. The molecule has 0 saturated carbocycles. The maximum atomic E-state index is 11.9. The van der Waals surface area contributed by atoms with Crippen molar-refractivity contribution in [1.29, 1.82) is 0 Å². The van der Waals surface area contributed by atoms with Crippen LogP contribution in [-0.4, -0.2) is 25.5 Å². The predicted molar refractivity (Wildman–Crippen MR) is 74.2 cm³/mol. The van der Waals surface area contributed by atoms with Gasteiger partial charge in [-0.05, 0) is 43.9 Å². The Balaban J connectivity index is 1.99. The smallest absolute Gasteiger partial charge is 0.227 e. The first kappa shape index (κ1) is 11.6. The number of aryl methyl sites for hydroxylation is 1. The van der Waals surface area contributed by atoms with Gasteiger partial charge in [-0.3, -0.25) is 4.79 Å². The molecule has 3 rings (SSSR count). The molecule has 0 unspecified atom stereocenters. The number of amides is 1. The van der Waals surface area contributed by atoms with Gasteiger partial charge in [-0.2, -0.15) is 0 Å². The molecule has 0 radical (unpaired) electrons. The molecule has 1 aromatic carbocycles. The normalized spacial score (nSPS) is 19.9. The topological polar surface area (TPSA) is 23.6 Å². The highest BCUT2D eigenvalue weighted by molar-refractivity contribution is 5.98. The number of carbonyl (C=O) groups excluding carboxylic acids is 1. The van der Waals surface area contributed by atoms with Crippen LogP contribution in [-0.2, 0) is 4.79 Å². The molecule has 3 heteroatoms. The van der Waals surface area contributed by atoms with Crippen LogP contribution >= 0.6 is 0 Å². The van der Waals surface area contributed by atoms with Gasteiger partial charge in [0.2, 0.25) is 5.91 Å². The predicted octanol–water partition coefficient (Wildman–Crippen LogP) is 2.72. The van der Waals surface area contributed by atoms with Gasteiger partial charge in [0.25, 0.3) is 0 Å². The average Bonchev–Trinajstić information content (AvgIpc) is 3.00. The van der Waals surface area contributed by atoms with Crippen molar-refractivity contribution in [3.05, 3.63) is 23.8 Å². The van der Waals surface area contributed by atoms with Gasteiger partial charge in [0, 0.05) is 26.1 Å². The van der Waals surface area contributed by atoms with Crippen LogP contribution in [0.4, 0.5) is 11.4 Å². The molecular weight excluding hydrogens is 224 g/mol. The molecule has 2 saturated heterocycles. The van der Waals surface area contributed by atoms with E-state index < -0.39 is 0 Å². The van der Waals surface area contributed by atoms with Gasteiger partial charge in [-0.25, -0.2) is 0 Å². The van der Waals surface area contributed by atoms with Crippen molar-refractivity contribution in [3.8, 4) is 0 Å². The number of hydrogen-bond donors (Lipinski definition) is 0. The highest BCUT2D eigenvalue weighted by Gasteiger charge is 2.26. The summed E-state index contributed by atoms with van der Waals surface area (Å²) in [5.41, 5.74) is 3.64. The second kappa shape index (κ2) is 4.63. The summed E-state index contributed by atoms with van der Waals surface area (Å²) in [4.78, 5) is 16.3. The van der Waals surface area contributed by atoms with Crippen LogP contribution in [0.15, 0.2) is 18.2 Å². The molecular formula is C15H20N2O. The minimum absolute atomic E-state index is 0.277. The van der Waals surface area contributed by atoms with E-state index in [0.717, 1.165) is 31.7 Å². The molecule has 96 valence electrons. The van der Waals surface area contributed by atoms with E-state index in [1.807, 2.05) is 4.90 Å². The summed E-state index contributed by atoms with van der Waals surface area (Å²) in [6.45, 7) is 5.24. The molecule has 2 heterocycles. The molecule has 0 N–H and O–H groups in total. The molecule has 2 aliphatic heterocycles. The van der Waals surface area contributed by atoms with E-state index in [1.165, 1.54) is 24.1 Å². The van der Waals surface area contributed by atoms with Crippen molar-refractivity contribution in [2.24, 2.45) is 0 Å². The highest BCUT2D eigenvalue weighted by atomic mass is 16.2. The molecule has 0 spiro atoms. The SMILES string of the molecule is Cc1ccc(N2CCCC2=O)c(N2CCCC2)c1. The van der Waals surface area contributed by atoms with Crippen LogP contribution in [0, 0.1) is 6.92 Å². The van der Waals surface area contributed by atoms with Crippen molar-refractivity contribution < 1.29 is 4.79 Å². The van der Waals surface area contributed by atoms with E-state index in [1.54, 1.807) is 0 Å². The Hall–Kier alpha value is -1.51. The van der Waals surface area contributed by atoms with Gasteiger partial charge in [0.15, 0.2) is 0 Å². The molecule has 2 fully saturated rings. The number of carbonyl (C=O) groups is 1. The third kappa shape index (κ3) is 1.98. The monoisotopic (exact) mass is 244 g/mol. The largest absolute Gasteiger partial charge is 0.370 e. The molecule has 18 heavy (non-hydrogen) atoms. The zero-order valence-electron chi connectivity index (χ0n) is 11.0. The Labute approximate surface area is 108 Å². The maximum absolute atomic E-state index is 11.9. The molecule has 0 bridgehead atoms. The number of rotatable bonds is 2. The Morgan fingerprint density at radius 2 is 1.78 bits per heavy atom. The Morgan fingerprint density at radius 1 is 1.00 bits per heavy atom. The fraction of sp³-hybridized carbons (Fsp3) is 0.533. The van der Waals surface area contributed by atoms with Crippen LogP contribution < -0.4 is 9.80 Å². The summed E-state index contributed by atoms with van der Waals surface area (Å²) in [7, 11) is 0. The molecule has 2 aliphatic rings. The minimum Gasteiger partial charge on any atom is -0.370 e. The van der Waals surface area contributed by atoms with E-state index in [2.05, 4.69) is 30.0 Å². The zero-order valence-corrected chi connectivity index (χ0v) is 11.0. The van der Waals surface area contributed by atoms with Gasteiger partial charge in [-0.1, -0.05) is 6.07 Å². The third-order valence-corrected chi connectivity index (χ3v) is 3.94. The second-order valence-electron chi connectivity index (χ2n) is 5.34. The maximum Gasteiger partial charge on any atom is 0.227 e. The lowest BCUT2D eigenvalue weighted by molar-refractivity contribution is -0.117. The van der Waals surface area contributed by atoms with Crippen molar-refractivity contribution >= 4 is 17.3 Å². The lowest BCUT2D eigenvalue weighted by atomic mass is 10.1. The molecule has 1 amide bonds. The first-order valence-electron chi connectivity index (χ1n) is 6.92. The van der Waals surface area contributed by atoms with Gasteiger partial charge in [-0.15, -0.1) is 0 Å². The summed E-state index contributed by atoms with van der Waals surface area (Å²) < 4.78 is 0. The van der Waals surface area contributed by atoms with Gasteiger partial charge in [0.05, 0.1) is 11.4 Å². The summed E-state index contributed by atoms with van der Waals surface area (Å²) in [5.74, 6) is 0.277. The lowest BCUT2D eigenvalue weighted by Crippen LogP contribution is -2.27. The van der Waals surface area contributed by atoms with E-state index in [9.17, 15) is 4.79 Å². The summed E-state index contributed by atoms with van der Waals surface area (Å²) in [6, 6.07) is 6.46. The second-order valence-corrected chi connectivity index (χ2v) is 5.34. The highest BCUT2D eigenvalue weighted by Crippen LogP contribution is 2.34. The van der Waals surface area contributed by atoms with Crippen LogP contribution in [0.3, 0.4) is 0 Å². The number of hydrogen-bond acceptors (Lipinski definition) is 2. The van der Waals surface area contributed by atoms with Crippen LogP contribution in [0.1, 0.15) is 31.2 Å². The quantitative estimate of drug-likeness (QED) is 0.798. The van der Waals surface area contributed by atoms with E-state index in [-0.39, 0.29) is 5.91 Å². The number of anilines is 2.